The molecule has 0 radical (unpaired) electrons. The molecule has 0 aliphatic rings. The molecule has 0 atom stereocenters. The molecule has 0 spiro atoms. The van der Waals surface area contributed by atoms with Crippen LogP contribution in [0.15, 0.2) is 65.7 Å². The number of hydrogen-bond donors (Lipinski definition) is 0. The van der Waals surface area contributed by atoms with Gasteiger partial charge in [-0.2, -0.15) is 0 Å². The molecule has 0 saturated carbocycles. The van der Waals surface area contributed by atoms with E-state index in [4.69, 9.17) is 0 Å². The molecule has 2 nitrogen and oxygen atoms in total. The molecule has 0 saturated heterocycles. The van der Waals surface area contributed by atoms with E-state index in [9.17, 15) is 4.79 Å². The third-order valence-electron chi connectivity index (χ3n) is 2.61. The third-order valence-corrected chi connectivity index (χ3v) is 2.61. The predicted molar refractivity (Wildman–Crippen MR) is 74.3 cm³/mol. The van der Waals surface area contributed by atoms with Crippen LogP contribution in [-0.4, -0.2) is 18.0 Å². The lowest BCUT2D eigenvalue weighted by Gasteiger charge is -2.05. The van der Waals surface area contributed by atoms with Gasteiger partial charge in [-0.05, 0) is 6.92 Å². The Morgan fingerprint density at radius 2 is 1.39 bits per heavy atom. The van der Waals surface area contributed by atoms with Crippen molar-refractivity contribution in [3.63, 3.8) is 0 Å². The quantitative estimate of drug-likeness (QED) is 0.592. The Kier molecular flexibility index (Phi) is 4.02. The fourth-order valence-electron chi connectivity index (χ4n) is 1.77. The van der Waals surface area contributed by atoms with Crippen molar-refractivity contribution >= 4 is 11.5 Å². The lowest BCUT2D eigenvalue weighted by Crippen LogP contribution is -2.16. The van der Waals surface area contributed by atoms with Gasteiger partial charge < -0.3 is 0 Å². The summed E-state index contributed by atoms with van der Waals surface area (Å²) >= 11 is 0. The van der Waals surface area contributed by atoms with Crippen LogP contribution in [-0.2, 0) is 0 Å². The van der Waals surface area contributed by atoms with E-state index in [0.717, 1.165) is 5.56 Å². The summed E-state index contributed by atoms with van der Waals surface area (Å²) in [7, 11) is 0. The van der Waals surface area contributed by atoms with E-state index in [2.05, 4.69) is 4.99 Å². The molecule has 0 aliphatic heterocycles. The van der Waals surface area contributed by atoms with E-state index in [1.54, 1.807) is 0 Å². The second-order valence-electron chi connectivity index (χ2n) is 3.88. The number of nitrogens with zero attached hydrogens (tertiary/aromatic N) is 1. The van der Waals surface area contributed by atoms with Crippen LogP contribution >= 0.6 is 0 Å². The second kappa shape index (κ2) is 5.92. The summed E-state index contributed by atoms with van der Waals surface area (Å²) in [5.41, 5.74) is 2.08. The summed E-state index contributed by atoms with van der Waals surface area (Å²) in [4.78, 5) is 16.7. The zero-order valence-corrected chi connectivity index (χ0v) is 10.3. The molecule has 0 amide bonds. The number of benzene rings is 2. The minimum atomic E-state index is -0.0244. The molecular weight excluding hydrogens is 222 g/mol. The van der Waals surface area contributed by atoms with Crippen LogP contribution in [0.5, 0.6) is 0 Å². The van der Waals surface area contributed by atoms with Gasteiger partial charge in [0.25, 0.3) is 0 Å². The van der Waals surface area contributed by atoms with E-state index in [1.165, 1.54) is 0 Å². The van der Waals surface area contributed by atoms with Crippen LogP contribution in [0.4, 0.5) is 0 Å². The Balaban J connectivity index is 2.39. The zero-order chi connectivity index (χ0) is 12.8. The van der Waals surface area contributed by atoms with Gasteiger partial charge in [0, 0.05) is 17.7 Å². The minimum absolute atomic E-state index is 0.0244. The zero-order valence-electron chi connectivity index (χ0n) is 10.3. The highest BCUT2D eigenvalue weighted by molar-refractivity contribution is 6.51. The van der Waals surface area contributed by atoms with Crippen molar-refractivity contribution in [1.29, 1.82) is 0 Å². The van der Waals surface area contributed by atoms with E-state index in [1.807, 2.05) is 67.6 Å². The minimum Gasteiger partial charge on any atom is -0.287 e. The van der Waals surface area contributed by atoms with Crippen LogP contribution in [0.25, 0.3) is 0 Å². The summed E-state index contributed by atoms with van der Waals surface area (Å²) < 4.78 is 0. The average Bonchev–Trinajstić information content (AvgIpc) is 2.46. The van der Waals surface area contributed by atoms with E-state index in [0.29, 0.717) is 17.8 Å². The number of carbonyl (C=O) groups excluding carboxylic acids is 1. The summed E-state index contributed by atoms with van der Waals surface area (Å²) in [6, 6.07) is 18.8. The largest absolute Gasteiger partial charge is 0.287 e. The van der Waals surface area contributed by atoms with Crippen molar-refractivity contribution in [3.05, 3.63) is 71.8 Å². The predicted octanol–water partition coefficient (Wildman–Crippen LogP) is 3.38. The highest BCUT2D eigenvalue weighted by Crippen LogP contribution is 2.09. The van der Waals surface area contributed by atoms with E-state index < -0.39 is 0 Å². The van der Waals surface area contributed by atoms with Gasteiger partial charge in [-0.3, -0.25) is 9.79 Å². The monoisotopic (exact) mass is 237 g/mol. The Morgan fingerprint density at radius 3 is 1.89 bits per heavy atom. The van der Waals surface area contributed by atoms with Crippen LogP contribution in [0.3, 0.4) is 0 Å². The van der Waals surface area contributed by atoms with Crippen LogP contribution in [0.1, 0.15) is 22.8 Å². The molecular formula is C16H15NO. The smallest absolute Gasteiger partial charge is 0.211 e. The number of hydrogen-bond acceptors (Lipinski definition) is 2. The fraction of sp³-hybridized carbons (Fsp3) is 0.125. The fourth-order valence-corrected chi connectivity index (χ4v) is 1.77. The summed E-state index contributed by atoms with van der Waals surface area (Å²) in [6.45, 7) is 2.53. The molecule has 0 fully saturated rings. The maximum Gasteiger partial charge on any atom is 0.211 e. The Bertz CT molecular complexity index is 544. The molecule has 0 aliphatic carbocycles. The first-order valence-corrected chi connectivity index (χ1v) is 6.02. The van der Waals surface area contributed by atoms with Gasteiger partial charge in [-0.15, -0.1) is 0 Å². The SMILES string of the molecule is CCN=C(C(=O)c1ccccc1)c1ccccc1. The van der Waals surface area contributed by atoms with Crippen molar-refractivity contribution in [2.45, 2.75) is 6.92 Å². The standard InChI is InChI=1S/C16H15NO/c1-2-17-15(13-9-5-3-6-10-13)16(18)14-11-7-4-8-12-14/h3-12H,2H2,1H3. The molecule has 2 aromatic carbocycles. The van der Waals surface area contributed by atoms with Crippen molar-refractivity contribution in [3.8, 4) is 0 Å². The molecule has 2 aromatic rings. The summed E-state index contributed by atoms with van der Waals surface area (Å²) in [5, 5.41) is 0. The Morgan fingerprint density at radius 1 is 0.889 bits per heavy atom. The molecule has 2 heteroatoms. The number of ketones is 1. The highest BCUT2D eigenvalue weighted by Gasteiger charge is 2.14. The lowest BCUT2D eigenvalue weighted by atomic mass is 10.0. The molecule has 0 aromatic heterocycles. The number of carbonyl (C=O) groups is 1. The first-order chi connectivity index (χ1) is 8.83. The molecule has 90 valence electrons. The lowest BCUT2D eigenvalue weighted by molar-refractivity contribution is 0.106. The van der Waals surface area contributed by atoms with Gasteiger partial charge in [0.05, 0.1) is 0 Å². The van der Waals surface area contributed by atoms with E-state index >= 15 is 0 Å². The summed E-state index contributed by atoms with van der Waals surface area (Å²) in [6.07, 6.45) is 0. The van der Waals surface area contributed by atoms with E-state index in [-0.39, 0.29) is 5.78 Å². The normalized spacial score (nSPS) is 11.3. The van der Waals surface area contributed by atoms with Crippen LogP contribution in [0, 0.1) is 0 Å². The van der Waals surface area contributed by atoms with Crippen molar-refractivity contribution in [2.75, 3.05) is 6.54 Å². The summed E-state index contributed by atoms with van der Waals surface area (Å²) in [5.74, 6) is -0.0244. The molecule has 0 N–H and O–H groups in total. The number of Topliss-reactive ketones (excluding diaryl/α,β-unsaturated/α-hetero) is 1. The van der Waals surface area contributed by atoms with Crippen molar-refractivity contribution in [1.82, 2.24) is 0 Å². The van der Waals surface area contributed by atoms with Gasteiger partial charge in [-0.1, -0.05) is 60.7 Å². The highest BCUT2D eigenvalue weighted by atomic mass is 16.1. The van der Waals surface area contributed by atoms with Gasteiger partial charge in [0.15, 0.2) is 0 Å². The first-order valence-electron chi connectivity index (χ1n) is 6.02. The van der Waals surface area contributed by atoms with Gasteiger partial charge in [-0.25, -0.2) is 0 Å². The molecule has 0 heterocycles. The van der Waals surface area contributed by atoms with Crippen molar-refractivity contribution in [2.24, 2.45) is 4.99 Å². The average molecular weight is 237 g/mol. The third kappa shape index (κ3) is 2.72. The maximum atomic E-state index is 12.4. The topological polar surface area (TPSA) is 29.4 Å². The maximum absolute atomic E-state index is 12.4. The van der Waals surface area contributed by atoms with Crippen LogP contribution in [0.2, 0.25) is 0 Å². The molecule has 2 rings (SSSR count). The van der Waals surface area contributed by atoms with Crippen LogP contribution < -0.4 is 0 Å². The number of rotatable bonds is 4. The first kappa shape index (κ1) is 12.2. The molecule has 0 bridgehead atoms. The molecule has 18 heavy (non-hydrogen) atoms. The van der Waals surface area contributed by atoms with Gasteiger partial charge >= 0.3 is 0 Å². The Hall–Kier alpha value is -2.22. The van der Waals surface area contributed by atoms with Crippen molar-refractivity contribution < 1.29 is 4.79 Å². The Labute approximate surface area is 107 Å². The molecule has 0 unspecified atom stereocenters. The number of aliphatic imine (C=N–C) groups is 1. The second-order valence-corrected chi connectivity index (χ2v) is 3.88. The van der Waals surface area contributed by atoms with Gasteiger partial charge in [0.1, 0.15) is 5.71 Å². The van der Waals surface area contributed by atoms with Gasteiger partial charge in [0.2, 0.25) is 5.78 Å².